The zero-order chi connectivity index (χ0) is 21.2. The second-order valence-electron chi connectivity index (χ2n) is 7.53. The van der Waals surface area contributed by atoms with Gasteiger partial charge in [0.25, 0.3) is 0 Å². The molecule has 0 fully saturated rings. The van der Waals surface area contributed by atoms with Gasteiger partial charge >= 0.3 is 0 Å². The van der Waals surface area contributed by atoms with E-state index in [9.17, 15) is 0 Å². The Morgan fingerprint density at radius 3 is 1.52 bits per heavy atom. The van der Waals surface area contributed by atoms with E-state index in [-0.39, 0.29) is 13.2 Å². The summed E-state index contributed by atoms with van der Waals surface area (Å²) in [6.45, 7) is 1.15. The molecule has 2 N–H and O–H groups in total. The van der Waals surface area contributed by atoms with Crippen LogP contribution in [0.1, 0.15) is 12.8 Å². The summed E-state index contributed by atoms with van der Waals surface area (Å²) < 4.78 is 18.1. The topological polar surface area (TPSA) is 72.1 Å². The van der Waals surface area contributed by atoms with Gasteiger partial charge in [-0.3, -0.25) is 0 Å². The van der Waals surface area contributed by atoms with Crippen molar-refractivity contribution in [3.63, 3.8) is 0 Å². The van der Waals surface area contributed by atoms with Crippen LogP contribution in [0.2, 0.25) is 0 Å². The first-order valence-corrected chi connectivity index (χ1v) is 10.6. The Hall–Kier alpha value is -3.28. The van der Waals surface area contributed by atoms with Gasteiger partial charge in [0.1, 0.15) is 22.7 Å². The Bertz CT molecular complexity index is 1260. The lowest BCUT2D eigenvalue weighted by Crippen LogP contribution is -2.00. The summed E-state index contributed by atoms with van der Waals surface area (Å²) in [5.74, 6) is 1.60. The molecule has 0 aliphatic heterocycles. The Balaban J connectivity index is 1.74. The Kier molecular flexibility index (Phi) is 5.37. The van der Waals surface area contributed by atoms with E-state index in [1.807, 2.05) is 48.5 Å². The molecule has 1 aromatic heterocycles. The molecule has 0 saturated carbocycles. The first-order valence-electron chi connectivity index (χ1n) is 10.6. The first-order chi connectivity index (χ1) is 15.3. The van der Waals surface area contributed by atoms with Gasteiger partial charge in [-0.25, -0.2) is 0 Å². The van der Waals surface area contributed by atoms with E-state index in [2.05, 4.69) is 12.1 Å². The van der Waals surface area contributed by atoms with E-state index in [0.717, 1.165) is 55.0 Å². The van der Waals surface area contributed by atoms with Crippen molar-refractivity contribution in [3.05, 3.63) is 60.7 Å². The van der Waals surface area contributed by atoms with Crippen molar-refractivity contribution in [1.29, 1.82) is 0 Å². The number of hydrogen-bond donors (Lipinski definition) is 2. The predicted octanol–water partition coefficient (Wildman–Crippen LogP) is 5.41. The first kappa shape index (κ1) is 19.7. The number of fused-ring (bicyclic) bond motifs is 7. The fraction of sp³-hybridized carbons (Fsp3) is 0.231. The molecule has 5 nitrogen and oxygen atoms in total. The lowest BCUT2D eigenvalue weighted by atomic mass is 9.99. The fourth-order valence-electron chi connectivity index (χ4n) is 4.17. The highest BCUT2D eigenvalue weighted by molar-refractivity contribution is 6.27. The van der Waals surface area contributed by atoms with Crippen LogP contribution in [-0.2, 0) is 0 Å². The molecule has 0 radical (unpaired) electrons. The summed E-state index contributed by atoms with van der Waals surface area (Å²) in [4.78, 5) is 0. The fourth-order valence-corrected chi connectivity index (χ4v) is 4.17. The van der Waals surface area contributed by atoms with Crippen molar-refractivity contribution in [2.24, 2.45) is 0 Å². The standard InChI is InChI=1S/C26H24O5/c27-13-3-15-29-21-7-1-5-19-17(21)9-11-23-25(19)26-20-6-2-8-22(30-16-4-14-28)18(20)10-12-24(26)31-23/h1-2,5-12,27-28H,3-4,13-16H2. The number of benzene rings is 4. The molecule has 0 spiro atoms. The van der Waals surface area contributed by atoms with Gasteiger partial charge in [-0.05, 0) is 47.2 Å². The molecular formula is C26H24O5. The third kappa shape index (κ3) is 3.46. The molecule has 5 aromatic rings. The van der Waals surface area contributed by atoms with Crippen molar-refractivity contribution in [2.75, 3.05) is 26.4 Å². The third-order valence-electron chi connectivity index (χ3n) is 5.56. The minimum absolute atomic E-state index is 0.107. The zero-order valence-electron chi connectivity index (χ0n) is 17.1. The van der Waals surface area contributed by atoms with Gasteiger partial charge in [0.05, 0.1) is 13.2 Å². The summed E-state index contributed by atoms with van der Waals surface area (Å²) >= 11 is 0. The predicted molar refractivity (Wildman–Crippen MR) is 123 cm³/mol. The number of furan rings is 1. The maximum absolute atomic E-state index is 9.07. The van der Waals surface area contributed by atoms with Gasteiger partial charge in [-0.1, -0.05) is 24.3 Å². The molecule has 0 saturated heterocycles. The van der Waals surface area contributed by atoms with Crippen LogP contribution >= 0.6 is 0 Å². The Labute approximate surface area is 179 Å². The van der Waals surface area contributed by atoms with Gasteiger partial charge in [0.2, 0.25) is 0 Å². The summed E-state index contributed by atoms with van der Waals surface area (Å²) in [6, 6.07) is 20.1. The van der Waals surface area contributed by atoms with Crippen LogP contribution in [-0.4, -0.2) is 36.6 Å². The van der Waals surface area contributed by atoms with Crippen LogP contribution in [0.3, 0.4) is 0 Å². The number of ether oxygens (including phenoxy) is 2. The molecule has 4 aromatic carbocycles. The highest BCUT2D eigenvalue weighted by Crippen LogP contribution is 2.42. The molecule has 0 unspecified atom stereocenters. The minimum atomic E-state index is 0.107. The van der Waals surface area contributed by atoms with Gasteiger partial charge < -0.3 is 24.1 Å². The van der Waals surface area contributed by atoms with Crippen LogP contribution in [0, 0.1) is 0 Å². The second-order valence-corrected chi connectivity index (χ2v) is 7.53. The molecule has 1 heterocycles. The van der Waals surface area contributed by atoms with E-state index < -0.39 is 0 Å². The average molecular weight is 416 g/mol. The third-order valence-corrected chi connectivity index (χ3v) is 5.56. The smallest absolute Gasteiger partial charge is 0.136 e. The van der Waals surface area contributed by atoms with E-state index in [1.54, 1.807) is 0 Å². The Morgan fingerprint density at radius 2 is 1.06 bits per heavy atom. The monoisotopic (exact) mass is 416 g/mol. The van der Waals surface area contributed by atoms with Gasteiger partial charge in [-0.2, -0.15) is 0 Å². The summed E-state index contributed by atoms with van der Waals surface area (Å²) in [5.41, 5.74) is 1.66. The SMILES string of the molecule is OCCCOc1cccc2c1ccc1oc3ccc4c(OCCCO)cccc4c3c12. The maximum Gasteiger partial charge on any atom is 0.136 e. The summed E-state index contributed by atoms with van der Waals surface area (Å²) in [7, 11) is 0. The van der Waals surface area contributed by atoms with E-state index in [4.69, 9.17) is 24.1 Å². The lowest BCUT2D eigenvalue weighted by molar-refractivity contribution is 0.234. The molecule has 0 aliphatic carbocycles. The molecule has 31 heavy (non-hydrogen) atoms. The number of aliphatic hydroxyl groups excluding tert-OH is 2. The number of aliphatic hydroxyl groups is 2. The van der Waals surface area contributed by atoms with Crippen molar-refractivity contribution in [3.8, 4) is 11.5 Å². The minimum Gasteiger partial charge on any atom is -0.493 e. The quantitative estimate of drug-likeness (QED) is 0.331. The average Bonchev–Trinajstić information content (AvgIpc) is 3.19. The molecule has 0 amide bonds. The highest BCUT2D eigenvalue weighted by Gasteiger charge is 2.16. The van der Waals surface area contributed by atoms with Gasteiger partial charge in [0.15, 0.2) is 0 Å². The molecule has 158 valence electrons. The van der Waals surface area contributed by atoms with Gasteiger partial charge in [-0.15, -0.1) is 0 Å². The largest absolute Gasteiger partial charge is 0.493 e. The second kappa shape index (κ2) is 8.46. The van der Waals surface area contributed by atoms with Crippen molar-refractivity contribution < 1.29 is 24.1 Å². The van der Waals surface area contributed by atoms with Crippen LogP contribution in [0.25, 0.3) is 43.5 Å². The van der Waals surface area contributed by atoms with Crippen molar-refractivity contribution in [1.82, 2.24) is 0 Å². The van der Waals surface area contributed by atoms with Crippen LogP contribution in [0.5, 0.6) is 11.5 Å². The number of hydrogen-bond acceptors (Lipinski definition) is 5. The molecule has 0 aliphatic rings. The van der Waals surface area contributed by atoms with Crippen molar-refractivity contribution in [2.45, 2.75) is 12.8 Å². The zero-order valence-corrected chi connectivity index (χ0v) is 17.1. The Morgan fingerprint density at radius 1 is 0.581 bits per heavy atom. The van der Waals surface area contributed by atoms with Crippen LogP contribution in [0.4, 0.5) is 0 Å². The molecular weight excluding hydrogens is 392 g/mol. The lowest BCUT2D eigenvalue weighted by Gasteiger charge is -2.10. The van der Waals surface area contributed by atoms with E-state index >= 15 is 0 Å². The summed E-state index contributed by atoms with van der Waals surface area (Å²) in [5, 5.41) is 24.4. The van der Waals surface area contributed by atoms with Crippen molar-refractivity contribution >= 4 is 43.5 Å². The molecule has 0 atom stereocenters. The number of rotatable bonds is 8. The summed E-state index contributed by atoms with van der Waals surface area (Å²) in [6.07, 6.45) is 1.19. The van der Waals surface area contributed by atoms with E-state index in [1.165, 1.54) is 0 Å². The molecule has 5 rings (SSSR count). The normalized spacial score (nSPS) is 11.7. The molecule has 0 bridgehead atoms. The van der Waals surface area contributed by atoms with Crippen LogP contribution < -0.4 is 9.47 Å². The molecule has 5 heteroatoms. The highest BCUT2D eigenvalue weighted by atomic mass is 16.5. The maximum atomic E-state index is 9.07. The van der Waals surface area contributed by atoms with Crippen LogP contribution in [0.15, 0.2) is 65.1 Å². The van der Waals surface area contributed by atoms with E-state index in [0.29, 0.717) is 26.1 Å². The van der Waals surface area contributed by atoms with Gasteiger partial charge in [0, 0.05) is 47.6 Å².